The molecule has 2 aromatic heterocycles. The number of nitriles is 2. The molecule has 0 saturated heterocycles. The Bertz CT molecular complexity index is 780. The fourth-order valence-corrected chi connectivity index (χ4v) is 2.26. The molecule has 0 aliphatic carbocycles. The Kier molecular flexibility index (Phi) is 3.72. The first-order chi connectivity index (χ1) is 10.0. The number of nitrogens with zero attached hydrogens (tertiary/aromatic N) is 6. The topological polar surface area (TPSA) is 119 Å². The summed E-state index contributed by atoms with van der Waals surface area (Å²) in [6.07, 6.45) is 1.23. The van der Waals surface area contributed by atoms with Gasteiger partial charge in [-0.2, -0.15) is 15.6 Å². The minimum atomic E-state index is -1.16. The summed E-state index contributed by atoms with van der Waals surface area (Å²) in [6.45, 7) is 1.54. The summed E-state index contributed by atoms with van der Waals surface area (Å²) >= 11 is 0. The summed E-state index contributed by atoms with van der Waals surface area (Å²) < 4.78 is 1.54. The van der Waals surface area contributed by atoms with Crippen LogP contribution in [0.2, 0.25) is 0 Å². The molecule has 0 bridgehead atoms. The zero-order chi connectivity index (χ0) is 15.6. The van der Waals surface area contributed by atoms with E-state index in [1.54, 1.807) is 14.0 Å². The third-order valence-electron chi connectivity index (χ3n) is 3.07. The average Bonchev–Trinajstić information content (AvgIpc) is 2.73. The van der Waals surface area contributed by atoms with Crippen LogP contribution in [0.4, 0.5) is 5.69 Å². The maximum absolute atomic E-state index is 11.4. The Labute approximate surface area is 120 Å². The number of carboxylic acids is 1. The molecule has 0 unspecified atom stereocenters. The Morgan fingerprint density at radius 3 is 2.57 bits per heavy atom. The van der Waals surface area contributed by atoms with Crippen molar-refractivity contribution in [2.75, 3.05) is 18.0 Å². The van der Waals surface area contributed by atoms with Crippen LogP contribution in [0.25, 0.3) is 11.0 Å². The van der Waals surface area contributed by atoms with Gasteiger partial charge in [0, 0.05) is 13.2 Å². The number of aromatic nitrogens is 3. The summed E-state index contributed by atoms with van der Waals surface area (Å²) in [6, 6.07) is 3.88. The molecule has 0 amide bonds. The van der Waals surface area contributed by atoms with Crippen LogP contribution in [0.1, 0.15) is 16.1 Å². The van der Waals surface area contributed by atoms with E-state index in [0.717, 1.165) is 0 Å². The molecule has 0 aliphatic heterocycles. The number of aromatic carboxylic acids is 1. The Morgan fingerprint density at radius 1 is 1.43 bits per heavy atom. The standard InChI is InChI=1S/C13H12N6O2/c1-8-10-11(19(5-3-14)6-4-15)9(13(20)21)7-16-12(10)18(2)17-8/h7H,5-6H2,1-2H3,(H,20,21). The van der Waals surface area contributed by atoms with E-state index in [2.05, 4.69) is 10.1 Å². The van der Waals surface area contributed by atoms with E-state index < -0.39 is 5.97 Å². The van der Waals surface area contributed by atoms with Crippen molar-refractivity contribution in [3.63, 3.8) is 0 Å². The SMILES string of the molecule is Cc1nn(C)c2ncc(C(=O)O)c(N(CC#N)CC#N)c12. The van der Waals surface area contributed by atoms with E-state index in [9.17, 15) is 9.90 Å². The highest BCUT2D eigenvalue weighted by atomic mass is 16.4. The zero-order valence-corrected chi connectivity index (χ0v) is 11.5. The molecule has 0 fully saturated rings. The van der Waals surface area contributed by atoms with Gasteiger partial charge in [0.1, 0.15) is 18.7 Å². The molecular weight excluding hydrogens is 272 g/mol. The van der Waals surface area contributed by atoms with E-state index in [1.807, 2.05) is 12.1 Å². The first kappa shape index (κ1) is 14.3. The summed E-state index contributed by atoms with van der Waals surface area (Å²) in [5.74, 6) is -1.16. The lowest BCUT2D eigenvalue weighted by Crippen LogP contribution is -2.26. The van der Waals surface area contributed by atoms with E-state index in [-0.39, 0.29) is 18.7 Å². The van der Waals surface area contributed by atoms with Crippen molar-refractivity contribution >= 4 is 22.7 Å². The van der Waals surface area contributed by atoms with Crippen LogP contribution in [0.3, 0.4) is 0 Å². The Balaban J connectivity index is 2.84. The van der Waals surface area contributed by atoms with Gasteiger partial charge in [-0.25, -0.2) is 9.78 Å². The van der Waals surface area contributed by atoms with Crippen molar-refractivity contribution < 1.29 is 9.90 Å². The van der Waals surface area contributed by atoms with Crippen molar-refractivity contribution in [1.82, 2.24) is 14.8 Å². The summed E-state index contributed by atoms with van der Waals surface area (Å²) in [5.41, 5.74) is 1.36. The molecule has 0 spiro atoms. The smallest absolute Gasteiger partial charge is 0.339 e. The van der Waals surface area contributed by atoms with Gasteiger partial charge in [0.25, 0.3) is 0 Å². The number of rotatable bonds is 4. The molecule has 0 saturated carbocycles. The molecule has 2 heterocycles. The van der Waals surface area contributed by atoms with Gasteiger partial charge in [0.15, 0.2) is 5.65 Å². The van der Waals surface area contributed by atoms with Gasteiger partial charge in [0.2, 0.25) is 0 Å². The minimum absolute atomic E-state index is 0.0518. The van der Waals surface area contributed by atoms with Crippen LogP contribution in [-0.4, -0.2) is 38.9 Å². The first-order valence-electron chi connectivity index (χ1n) is 6.05. The predicted molar refractivity (Wildman–Crippen MR) is 73.6 cm³/mol. The van der Waals surface area contributed by atoms with E-state index in [0.29, 0.717) is 22.4 Å². The van der Waals surface area contributed by atoms with Crippen LogP contribution < -0.4 is 4.90 Å². The number of anilines is 1. The van der Waals surface area contributed by atoms with Crippen molar-refractivity contribution in [3.8, 4) is 12.1 Å². The summed E-state index contributed by atoms with van der Waals surface area (Å²) in [7, 11) is 1.70. The van der Waals surface area contributed by atoms with E-state index in [4.69, 9.17) is 10.5 Å². The van der Waals surface area contributed by atoms with Crippen molar-refractivity contribution in [2.45, 2.75) is 6.92 Å². The number of aryl methyl sites for hydroxylation is 2. The fraction of sp³-hybridized carbons (Fsp3) is 0.308. The van der Waals surface area contributed by atoms with E-state index >= 15 is 0 Å². The average molecular weight is 284 g/mol. The van der Waals surface area contributed by atoms with Gasteiger partial charge < -0.3 is 10.0 Å². The van der Waals surface area contributed by atoms with Gasteiger partial charge in [-0.1, -0.05) is 0 Å². The van der Waals surface area contributed by atoms with Gasteiger partial charge in [-0.15, -0.1) is 0 Å². The van der Waals surface area contributed by atoms with Crippen LogP contribution >= 0.6 is 0 Å². The Morgan fingerprint density at radius 2 is 2.05 bits per heavy atom. The molecular formula is C13H12N6O2. The molecule has 8 nitrogen and oxygen atoms in total. The van der Waals surface area contributed by atoms with Gasteiger partial charge in [-0.05, 0) is 6.92 Å². The lowest BCUT2D eigenvalue weighted by Gasteiger charge is -2.21. The Hall–Kier alpha value is -3.13. The maximum Gasteiger partial charge on any atom is 0.339 e. The second-order valence-corrected chi connectivity index (χ2v) is 4.41. The summed E-state index contributed by atoms with van der Waals surface area (Å²) in [4.78, 5) is 17.0. The highest BCUT2D eigenvalue weighted by Crippen LogP contribution is 2.31. The molecule has 2 rings (SSSR count). The number of hydrogen-bond acceptors (Lipinski definition) is 6. The van der Waals surface area contributed by atoms with Crippen molar-refractivity contribution in [2.24, 2.45) is 7.05 Å². The lowest BCUT2D eigenvalue weighted by atomic mass is 10.1. The highest BCUT2D eigenvalue weighted by Gasteiger charge is 2.23. The second-order valence-electron chi connectivity index (χ2n) is 4.41. The highest BCUT2D eigenvalue weighted by molar-refractivity contribution is 6.05. The third-order valence-corrected chi connectivity index (χ3v) is 3.07. The molecule has 21 heavy (non-hydrogen) atoms. The van der Waals surface area contributed by atoms with Crippen LogP contribution in [-0.2, 0) is 7.05 Å². The number of pyridine rings is 1. The van der Waals surface area contributed by atoms with Gasteiger partial charge >= 0.3 is 5.97 Å². The van der Waals surface area contributed by atoms with Crippen LogP contribution in [0, 0.1) is 29.6 Å². The maximum atomic E-state index is 11.4. The molecule has 106 valence electrons. The molecule has 0 radical (unpaired) electrons. The monoisotopic (exact) mass is 284 g/mol. The van der Waals surface area contributed by atoms with Gasteiger partial charge in [-0.3, -0.25) is 4.68 Å². The van der Waals surface area contributed by atoms with Gasteiger partial charge in [0.05, 0.1) is 28.9 Å². The minimum Gasteiger partial charge on any atom is -0.478 e. The quantitative estimate of drug-likeness (QED) is 0.825. The predicted octanol–water partition coefficient (Wildman–Crippen LogP) is 0.828. The number of hydrogen-bond donors (Lipinski definition) is 1. The molecule has 0 atom stereocenters. The second kappa shape index (κ2) is 5.47. The summed E-state index contributed by atoms with van der Waals surface area (Å²) in [5, 5.41) is 31.9. The normalized spacial score (nSPS) is 10.1. The third kappa shape index (κ3) is 2.35. The molecule has 0 aliphatic rings. The largest absolute Gasteiger partial charge is 0.478 e. The fourth-order valence-electron chi connectivity index (χ4n) is 2.26. The van der Waals surface area contributed by atoms with Crippen molar-refractivity contribution in [3.05, 3.63) is 17.5 Å². The molecule has 0 aromatic carbocycles. The van der Waals surface area contributed by atoms with Crippen LogP contribution in [0.5, 0.6) is 0 Å². The number of carboxylic acid groups (broad SMARTS) is 1. The van der Waals surface area contributed by atoms with E-state index in [1.165, 1.54) is 15.8 Å². The van der Waals surface area contributed by atoms with Crippen LogP contribution in [0.15, 0.2) is 6.20 Å². The molecule has 8 heteroatoms. The lowest BCUT2D eigenvalue weighted by molar-refractivity contribution is 0.0697. The molecule has 1 N–H and O–H groups in total. The number of fused-ring (bicyclic) bond motifs is 1. The zero-order valence-electron chi connectivity index (χ0n) is 11.5. The number of carbonyl (C=O) groups is 1. The van der Waals surface area contributed by atoms with Crippen molar-refractivity contribution in [1.29, 1.82) is 10.5 Å². The molecule has 2 aromatic rings. The first-order valence-corrected chi connectivity index (χ1v) is 6.05.